The molecule has 96 valence electrons. The molecule has 0 unspecified atom stereocenters. The normalized spacial score (nSPS) is 16.6. The largest absolute Gasteiger partial charge is 0.343 e. The van der Waals surface area contributed by atoms with Gasteiger partial charge in [-0.15, -0.1) is 0 Å². The van der Waals surface area contributed by atoms with Crippen LogP contribution in [-0.4, -0.2) is 54.7 Å². The topological polar surface area (TPSA) is 40.6 Å². The quantitative estimate of drug-likeness (QED) is 0.609. The van der Waals surface area contributed by atoms with E-state index in [0.29, 0.717) is 30.2 Å². The van der Waals surface area contributed by atoms with E-state index in [0.717, 1.165) is 19.5 Å². The van der Waals surface area contributed by atoms with Crippen molar-refractivity contribution in [2.24, 2.45) is 0 Å². The second-order valence-corrected chi connectivity index (χ2v) is 4.78. The monoisotopic (exact) mass is 266 g/mol. The molecule has 0 saturated carbocycles. The Kier molecular flexibility index (Phi) is 4.33. The molecule has 0 spiro atoms. The Balaban J connectivity index is 1.88. The summed E-state index contributed by atoms with van der Waals surface area (Å²) in [4.78, 5) is 26.4. The average Bonchev–Trinajstić information content (AvgIpc) is 2.40. The zero-order chi connectivity index (χ0) is 13.0. The first-order valence-electron chi connectivity index (χ1n) is 5.89. The van der Waals surface area contributed by atoms with Gasteiger partial charge in [0.25, 0.3) is 0 Å². The van der Waals surface area contributed by atoms with E-state index in [1.54, 1.807) is 29.2 Å². The van der Waals surface area contributed by atoms with Crippen LogP contribution in [0.1, 0.15) is 10.4 Å². The molecule has 2 rings (SSSR count). The second kappa shape index (κ2) is 5.98. The van der Waals surface area contributed by atoms with Crippen molar-refractivity contribution in [3.63, 3.8) is 0 Å². The Morgan fingerprint density at radius 1 is 1.17 bits per heavy atom. The number of carbonyl (C=O) groups excluding carboxylic acids is 2. The van der Waals surface area contributed by atoms with Crippen molar-refractivity contribution in [3.8, 4) is 0 Å². The maximum absolute atomic E-state index is 12.0. The van der Waals surface area contributed by atoms with Crippen LogP contribution in [0.3, 0.4) is 0 Å². The van der Waals surface area contributed by atoms with Crippen molar-refractivity contribution in [1.82, 2.24) is 9.80 Å². The molecule has 0 radical (unpaired) electrons. The van der Waals surface area contributed by atoms with Crippen LogP contribution in [0.4, 0.5) is 0 Å². The molecule has 0 aromatic heterocycles. The summed E-state index contributed by atoms with van der Waals surface area (Å²) in [5.74, 6) is 0.0891. The first kappa shape index (κ1) is 13.1. The van der Waals surface area contributed by atoms with Gasteiger partial charge in [0.2, 0.25) is 6.41 Å². The zero-order valence-corrected chi connectivity index (χ0v) is 10.8. The Bertz CT molecular complexity index is 425. The molecule has 5 heteroatoms. The maximum atomic E-state index is 12.0. The van der Waals surface area contributed by atoms with Gasteiger partial charge in [0.05, 0.1) is 6.54 Å². The number of Topliss-reactive ketones (excluding diaryl/α,β-unsaturated/α-hetero) is 1. The lowest BCUT2D eigenvalue weighted by atomic mass is 10.1. The van der Waals surface area contributed by atoms with Crippen LogP contribution in [0.2, 0.25) is 5.02 Å². The molecule has 0 aliphatic carbocycles. The fourth-order valence-corrected chi connectivity index (χ4v) is 2.08. The van der Waals surface area contributed by atoms with Gasteiger partial charge in [-0.1, -0.05) is 11.6 Å². The van der Waals surface area contributed by atoms with Crippen LogP contribution < -0.4 is 0 Å². The van der Waals surface area contributed by atoms with Gasteiger partial charge in [0.15, 0.2) is 5.78 Å². The molecule has 0 atom stereocenters. The smallest absolute Gasteiger partial charge is 0.209 e. The number of carbonyl (C=O) groups is 2. The first-order chi connectivity index (χ1) is 8.69. The van der Waals surface area contributed by atoms with Gasteiger partial charge in [-0.3, -0.25) is 14.5 Å². The van der Waals surface area contributed by atoms with Crippen LogP contribution in [0, 0.1) is 0 Å². The number of nitrogens with zero attached hydrogens (tertiary/aromatic N) is 2. The molecule has 4 nitrogen and oxygen atoms in total. The highest BCUT2D eigenvalue weighted by Crippen LogP contribution is 2.11. The van der Waals surface area contributed by atoms with E-state index in [1.165, 1.54) is 0 Å². The molecule has 1 saturated heterocycles. The van der Waals surface area contributed by atoms with E-state index in [4.69, 9.17) is 11.6 Å². The molecule has 1 fully saturated rings. The van der Waals surface area contributed by atoms with Crippen molar-refractivity contribution in [2.75, 3.05) is 32.7 Å². The summed E-state index contributed by atoms with van der Waals surface area (Å²) < 4.78 is 0. The minimum absolute atomic E-state index is 0.0891. The minimum Gasteiger partial charge on any atom is -0.343 e. The summed E-state index contributed by atoms with van der Waals surface area (Å²) in [6, 6.07) is 6.93. The van der Waals surface area contributed by atoms with Crippen LogP contribution in [-0.2, 0) is 4.79 Å². The van der Waals surface area contributed by atoms with Gasteiger partial charge in [-0.05, 0) is 24.3 Å². The van der Waals surface area contributed by atoms with E-state index in [2.05, 4.69) is 4.90 Å². The highest BCUT2D eigenvalue weighted by molar-refractivity contribution is 6.30. The third kappa shape index (κ3) is 3.31. The molecule has 1 aliphatic heterocycles. The van der Waals surface area contributed by atoms with Gasteiger partial charge >= 0.3 is 0 Å². The van der Waals surface area contributed by atoms with Crippen molar-refractivity contribution in [3.05, 3.63) is 34.9 Å². The summed E-state index contributed by atoms with van der Waals surface area (Å²) in [6.07, 6.45) is 0.859. The van der Waals surface area contributed by atoms with Crippen molar-refractivity contribution < 1.29 is 9.59 Å². The predicted octanol–water partition coefficient (Wildman–Crippen LogP) is 1.30. The number of amides is 1. The van der Waals surface area contributed by atoms with Crippen molar-refractivity contribution >= 4 is 23.8 Å². The lowest BCUT2D eigenvalue weighted by Crippen LogP contribution is -2.47. The molecular weight excluding hydrogens is 252 g/mol. The van der Waals surface area contributed by atoms with E-state index >= 15 is 0 Å². The van der Waals surface area contributed by atoms with Crippen molar-refractivity contribution in [1.29, 1.82) is 0 Å². The number of hydrogen-bond acceptors (Lipinski definition) is 3. The fraction of sp³-hybridized carbons (Fsp3) is 0.385. The minimum atomic E-state index is 0.0891. The molecule has 1 heterocycles. The second-order valence-electron chi connectivity index (χ2n) is 4.35. The molecule has 18 heavy (non-hydrogen) atoms. The molecule has 0 bridgehead atoms. The Morgan fingerprint density at radius 2 is 1.78 bits per heavy atom. The summed E-state index contributed by atoms with van der Waals surface area (Å²) in [7, 11) is 0. The number of rotatable bonds is 4. The SMILES string of the molecule is O=CN1CCN(CC(=O)c2ccc(Cl)cc2)CC1. The van der Waals surface area contributed by atoms with E-state index < -0.39 is 0 Å². The Hall–Kier alpha value is -1.39. The molecule has 1 aromatic rings. The Labute approximate surface area is 111 Å². The van der Waals surface area contributed by atoms with Gasteiger partial charge < -0.3 is 4.90 Å². The maximum Gasteiger partial charge on any atom is 0.209 e. The Morgan fingerprint density at radius 3 is 2.33 bits per heavy atom. The first-order valence-corrected chi connectivity index (χ1v) is 6.27. The predicted molar refractivity (Wildman–Crippen MR) is 69.9 cm³/mol. The summed E-state index contributed by atoms with van der Waals surface area (Å²) in [5.41, 5.74) is 0.678. The van der Waals surface area contributed by atoms with E-state index in [-0.39, 0.29) is 5.78 Å². The standard InChI is InChI=1S/C13H15ClN2O2/c14-12-3-1-11(2-4-12)13(18)9-15-5-7-16(10-17)8-6-15/h1-4,10H,5-9H2. The van der Waals surface area contributed by atoms with Gasteiger partial charge in [-0.25, -0.2) is 0 Å². The van der Waals surface area contributed by atoms with E-state index in [1.807, 2.05) is 0 Å². The fourth-order valence-electron chi connectivity index (χ4n) is 1.96. The van der Waals surface area contributed by atoms with Crippen LogP contribution in [0.15, 0.2) is 24.3 Å². The summed E-state index contributed by atoms with van der Waals surface area (Å²) in [6.45, 7) is 3.28. The number of halogens is 1. The van der Waals surface area contributed by atoms with Gasteiger partial charge in [-0.2, -0.15) is 0 Å². The molecular formula is C13H15ClN2O2. The number of piperazine rings is 1. The van der Waals surface area contributed by atoms with E-state index in [9.17, 15) is 9.59 Å². The third-order valence-corrected chi connectivity index (χ3v) is 3.34. The van der Waals surface area contributed by atoms with Crippen molar-refractivity contribution in [2.45, 2.75) is 0 Å². The molecule has 1 amide bonds. The number of hydrogen-bond donors (Lipinski definition) is 0. The number of ketones is 1. The lowest BCUT2D eigenvalue weighted by Gasteiger charge is -2.31. The lowest BCUT2D eigenvalue weighted by molar-refractivity contribution is -0.119. The third-order valence-electron chi connectivity index (χ3n) is 3.09. The molecule has 1 aliphatic rings. The van der Waals surface area contributed by atoms with Crippen LogP contribution in [0.5, 0.6) is 0 Å². The molecule has 1 aromatic carbocycles. The molecule has 0 N–H and O–H groups in total. The summed E-state index contributed by atoms with van der Waals surface area (Å²) >= 11 is 5.78. The zero-order valence-electron chi connectivity index (χ0n) is 10.0. The number of benzene rings is 1. The van der Waals surface area contributed by atoms with Crippen LogP contribution in [0.25, 0.3) is 0 Å². The highest BCUT2D eigenvalue weighted by atomic mass is 35.5. The summed E-state index contributed by atoms with van der Waals surface area (Å²) in [5, 5.41) is 0.631. The highest BCUT2D eigenvalue weighted by Gasteiger charge is 2.18. The van der Waals surface area contributed by atoms with Gasteiger partial charge in [0.1, 0.15) is 0 Å². The average molecular weight is 267 g/mol. The van der Waals surface area contributed by atoms with Gasteiger partial charge in [0, 0.05) is 36.8 Å². The van der Waals surface area contributed by atoms with Crippen LogP contribution >= 0.6 is 11.6 Å².